The topological polar surface area (TPSA) is 17.1 Å². The summed E-state index contributed by atoms with van der Waals surface area (Å²) in [5.74, 6) is 0.343. The van der Waals surface area contributed by atoms with Gasteiger partial charge in [0.15, 0.2) is 0 Å². The van der Waals surface area contributed by atoms with Crippen LogP contribution < -0.4 is 51.4 Å². The van der Waals surface area contributed by atoms with Gasteiger partial charge in [-0.05, 0) is 13.3 Å². The quantitative estimate of drug-likeness (QED) is 0.392. The first-order valence-electron chi connectivity index (χ1n) is 7.26. The number of ketones is 1. The van der Waals surface area contributed by atoms with Crippen LogP contribution in [0.3, 0.4) is 0 Å². The molecular formula is C15H31KO. The molecule has 0 aromatic carbocycles. The molecule has 0 fully saturated rings. The zero-order valence-electron chi connectivity index (χ0n) is 13.4. The molecule has 0 saturated heterocycles. The van der Waals surface area contributed by atoms with E-state index in [1.165, 1.54) is 64.2 Å². The van der Waals surface area contributed by atoms with Gasteiger partial charge in [-0.1, -0.05) is 71.1 Å². The van der Waals surface area contributed by atoms with Gasteiger partial charge in [0.2, 0.25) is 0 Å². The van der Waals surface area contributed by atoms with Crippen LogP contribution in [0.4, 0.5) is 0 Å². The van der Waals surface area contributed by atoms with E-state index in [9.17, 15) is 4.79 Å². The monoisotopic (exact) mass is 266 g/mol. The van der Waals surface area contributed by atoms with Gasteiger partial charge in [0.1, 0.15) is 5.78 Å². The molecule has 0 aromatic heterocycles. The van der Waals surface area contributed by atoms with Crippen molar-refractivity contribution in [1.82, 2.24) is 0 Å². The van der Waals surface area contributed by atoms with Gasteiger partial charge in [-0.2, -0.15) is 0 Å². The first-order valence-corrected chi connectivity index (χ1v) is 7.26. The van der Waals surface area contributed by atoms with Crippen molar-refractivity contribution in [3.8, 4) is 0 Å². The van der Waals surface area contributed by atoms with Gasteiger partial charge in [0.05, 0.1) is 0 Å². The Kier molecular flexibility index (Phi) is 21.0. The fourth-order valence-electron chi connectivity index (χ4n) is 2.04. The molecule has 0 aromatic rings. The van der Waals surface area contributed by atoms with Gasteiger partial charge in [-0.3, -0.25) is 0 Å². The second-order valence-electron chi connectivity index (χ2n) is 4.99. The summed E-state index contributed by atoms with van der Waals surface area (Å²) >= 11 is 0. The predicted molar refractivity (Wildman–Crippen MR) is 72.9 cm³/mol. The summed E-state index contributed by atoms with van der Waals surface area (Å²) in [6.07, 6.45) is 15.7. The van der Waals surface area contributed by atoms with Gasteiger partial charge in [-0.25, -0.2) is 0 Å². The Morgan fingerprint density at radius 3 is 1.47 bits per heavy atom. The van der Waals surface area contributed by atoms with Gasteiger partial charge in [0.25, 0.3) is 0 Å². The minimum Gasteiger partial charge on any atom is -1.00 e. The average Bonchev–Trinajstić information content (AvgIpc) is 2.25. The van der Waals surface area contributed by atoms with E-state index in [-0.39, 0.29) is 52.8 Å². The maximum Gasteiger partial charge on any atom is 1.00 e. The Bertz CT molecular complexity index is 163. The van der Waals surface area contributed by atoms with E-state index in [0.717, 1.165) is 12.8 Å². The number of hydrogen-bond donors (Lipinski definition) is 0. The maximum absolute atomic E-state index is 10.7. The molecule has 0 aliphatic heterocycles. The van der Waals surface area contributed by atoms with Crippen molar-refractivity contribution >= 4 is 5.78 Å². The van der Waals surface area contributed by atoms with Gasteiger partial charge >= 0.3 is 51.4 Å². The average molecular weight is 267 g/mol. The molecule has 0 heterocycles. The third-order valence-corrected chi connectivity index (χ3v) is 3.13. The summed E-state index contributed by atoms with van der Waals surface area (Å²) in [5, 5.41) is 0. The van der Waals surface area contributed by atoms with Crippen LogP contribution >= 0.6 is 0 Å². The third kappa shape index (κ3) is 19.8. The minimum atomic E-state index is 0. The van der Waals surface area contributed by atoms with Crippen LogP contribution in [0.2, 0.25) is 0 Å². The van der Waals surface area contributed by atoms with E-state index in [0.29, 0.717) is 5.78 Å². The van der Waals surface area contributed by atoms with Crippen molar-refractivity contribution in [2.75, 3.05) is 0 Å². The van der Waals surface area contributed by atoms with Gasteiger partial charge in [0, 0.05) is 6.42 Å². The number of carbonyl (C=O) groups is 1. The van der Waals surface area contributed by atoms with E-state index in [1.54, 1.807) is 6.92 Å². The first kappa shape index (κ1) is 20.6. The van der Waals surface area contributed by atoms with Gasteiger partial charge in [-0.15, -0.1) is 0 Å². The Hall–Kier alpha value is 1.31. The summed E-state index contributed by atoms with van der Waals surface area (Å²) in [5.41, 5.74) is 0. The number of unbranched alkanes of at least 4 members (excludes halogenated alkanes) is 10. The summed E-state index contributed by atoms with van der Waals surface area (Å²) in [6.45, 7) is 3.96. The van der Waals surface area contributed by atoms with Crippen LogP contribution in [-0.4, -0.2) is 5.78 Å². The molecule has 1 nitrogen and oxygen atoms in total. The second kappa shape index (κ2) is 17.3. The third-order valence-electron chi connectivity index (χ3n) is 3.13. The van der Waals surface area contributed by atoms with Crippen molar-refractivity contribution in [3.63, 3.8) is 0 Å². The fourth-order valence-corrected chi connectivity index (χ4v) is 2.04. The summed E-state index contributed by atoms with van der Waals surface area (Å²) in [7, 11) is 0. The van der Waals surface area contributed by atoms with E-state index < -0.39 is 0 Å². The van der Waals surface area contributed by atoms with E-state index in [4.69, 9.17) is 0 Å². The van der Waals surface area contributed by atoms with Crippen LogP contribution in [0.1, 0.15) is 92.3 Å². The molecule has 0 atom stereocenters. The summed E-state index contributed by atoms with van der Waals surface area (Å²) in [6, 6.07) is 0. The molecule has 0 N–H and O–H groups in total. The van der Waals surface area contributed by atoms with E-state index in [2.05, 4.69) is 6.92 Å². The zero-order chi connectivity index (χ0) is 12.1. The van der Waals surface area contributed by atoms with Crippen molar-refractivity contribution in [2.24, 2.45) is 0 Å². The SMILES string of the molecule is CCCCCCCCCCCCCC(C)=O.[H-].[K+]. The molecule has 98 valence electrons. The van der Waals surface area contributed by atoms with Crippen molar-refractivity contribution in [3.05, 3.63) is 0 Å². The normalized spacial score (nSPS) is 10.0. The van der Waals surface area contributed by atoms with Crippen molar-refractivity contribution in [1.29, 1.82) is 0 Å². The number of carbonyl (C=O) groups excluding carboxylic acids is 1. The molecule has 0 aliphatic carbocycles. The Morgan fingerprint density at radius 2 is 1.12 bits per heavy atom. The summed E-state index contributed by atoms with van der Waals surface area (Å²) < 4.78 is 0. The van der Waals surface area contributed by atoms with Gasteiger partial charge < -0.3 is 6.22 Å². The van der Waals surface area contributed by atoms with E-state index >= 15 is 0 Å². The second-order valence-corrected chi connectivity index (χ2v) is 4.99. The molecule has 0 saturated carbocycles. The molecule has 0 amide bonds. The number of rotatable bonds is 12. The van der Waals surface area contributed by atoms with Crippen molar-refractivity contribution < 1.29 is 57.6 Å². The van der Waals surface area contributed by atoms with E-state index in [1.807, 2.05) is 0 Å². The zero-order valence-corrected chi connectivity index (χ0v) is 15.5. The van der Waals surface area contributed by atoms with Crippen LogP contribution in [-0.2, 0) is 4.79 Å². The molecule has 0 spiro atoms. The van der Waals surface area contributed by atoms with Crippen molar-refractivity contribution in [2.45, 2.75) is 90.9 Å². The minimum absolute atomic E-state index is 0. The molecule has 17 heavy (non-hydrogen) atoms. The van der Waals surface area contributed by atoms with Crippen LogP contribution in [0, 0.1) is 0 Å². The standard InChI is InChI=1S/C15H30O.K.H/c1-3-4-5-6-7-8-9-10-11-12-13-14-15(2)16;;/h3-14H2,1-2H3;;/q;+1;-1. The largest absolute Gasteiger partial charge is 1.00 e. The molecule has 0 unspecified atom stereocenters. The van der Waals surface area contributed by atoms with Crippen LogP contribution in [0.15, 0.2) is 0 Å². The molecular weight excluding hydrogens is 235 g/mol. The van der Waals surface area contributed by atoms with Crippen LogP contribution in [0.25, 0.3) is 0 Å². The first-order chi connectivity index (χ1) is 7.77. The molecule has 0 rings (SSSR count). The smallest absolute Gasteiger partial charge is 1.00 e. The fraction of sp³-hybridized carbons (Fsp3) is 0.933. The summed E-state index contributed by atoms with van der Waals surface area (Å²) in [4.78, 5) is 10.7. The molecule has 0 bridgehead atoms. The molecule has 0 aliphatic rings. The number of Topliss-reactive ketones (excluding diaryl/α,β-unsaturated/α-hetero) is 1. The predicted octanol–water partition coefficient (Wildman–Crippen LogP) is 2.39. The maximum atomic E-state index is 10.7. The molecule has 2 heteroatoms. The Labute approximate surface area is 152 Å². The molecule has 0 radical (unpaired) electrons. The Morgan fingerprint density at radius 1 is 0.765 bits per heavy atom. The number of hydrogen-bond acceptors (Lipinski definition) is 1. The van der Waals surface area contributed by atoms with Crippen LogP contribution in [0.5, 0.6) is 0 Å². The Balaban J connectivity index is -0.00000112.